The summed E-state index contributed by atoms with van der Waals surface area (Å²) in [7, 11) is 0. The number of rotatable bonds is 75. The summed E-state index contributed by atoms with van der Waals surface area (Å²) in [5.41, 5.74) is 0. The maximum absolute atomic E-state index is 12.5. The summed E-state index contributed by atoms with van der Waals surface area (Å²) in [5, 5.41) is 23.3. The fraction of sp³-hybridized carbons (Fsp3) is 0.949. The van der Waals surface area contributed by atoms with E-state index in [0.29, 0.717) is 19.4 Å². The number of carbonyl (C=O) groups excluding carboxylic acids is 2. The molecule has 0 rings (SSSR count). The van der Waals surface area contributed by atoms with Crippen LogP contribution in [0, 0.1) is 0 Å². The molecule has 0 radical (unpaired) electrons. The number of carbonyl (C=O) groups is 2. The van der Waals surface area contributed by atoms with Gasteiger partial charge in [-0.05, 0) is 32.1 Å². The molecular formula is C79H155NO5. The average molecular weight is 1200 g/mol. The second-order valence-electron chi connectivity index (χ2n) is 27.4. The Kier molecular flexibility index (Phi) is 73.8. The molecule has 0 bridgehead atoms. The van der Waals surface area contributed by atoms with Crippen molar-refractivity contribution in [2.75, 3.05) is 13.2 Å². The third-order valence-corrected chi connectivity index (χ3v) is 18.8. The van der Waals surface area contributed by atoms with Crippen LogP contribution in [-0.2, 0) is 14.3 Å². The Hall–Kier alpha value is -1.40. The van der Waals surface area contributed by atoms with Gasteiger partial charge < -0.3 is 20.3 Å². The first kappa shape index (κ1) is 83.6. The van der Waals surface area contributed by atoms with E-state index < -0.39 is 12.1 Å². The Bertz CT molecular complexity index is 1290. The molecule has 0 aromatic carbocycles. The molecule has 6 nitrogen and oxygen atoms in total. The Morgan fingerprint density at radius 2 is 0.541 bits per heavy atom. The van der Waals surface area contributed by atoms with Crippen molar-refractivity contribution in [3.8, 4) is 0 Å². The zero-order valence-corrected chi connectivity index (χ0v) is 58.1. The molecule has 6 heteroatoms. The summed E-state index contributed by atoms with van der Waals surface area (Å²) in [6.07, 6.45) is 94.7. The fourth-order valence-electron chi connectivity index (χ4n) is 12.8. The van der Waals surface area contributed by atoms with Crippen LogP contribution >= 0.6 is 0 Å². The van der Waals surface area contributed by atoms with Crippen LogP contribution in [0.3, 0.4) is 0 Å². The summed E-state index contributed by atoms with van der Waals surface area (Å²) in [5.74, 6) is -0.0354. The van der Waals surface area contributed by atoms with Crippen molar-refractivity contribution in [1.82, 2.24) is 5.32 Å². The van der Waals surface area contributed by atoms with Crippen LogP contribution in [0.5, 0.6) is 0 Å². The molecule has 0 aromatic heterocycles. The van der Waals surface area contributed by atoms with Gasteiger partial charge in [0.15, 0.2) is 0 Å². The number of ether oxygens (including phenoxy) is 1. The van der Waals surface area contributed by atoms with E-state index in [0.717, 1.165) is 38.5 Å². The second kappa shape index (κ2) is 75.1. The van der Waals surface area contributed by atoms with Crippen molar-refractivity contribution in [3.05, 3.63) is 12.2 Å². The molecule has 0 saturated carbocycles. The van der Waals surface area contributed by atoms with Crippen LogP contribution in [0.2, 0.25) is 0 Å². The number of esters is 1. The molecule has 1 amide bonds. The van der Waals surface area contributed by atoms with E-state index in [1.807, 2.05) is 6.08 Å². The van der Waals surface area contributed by atoms with Crippen LogP contribution in [-0.4, -0.2) is 47.4 Å². The number of unbranched alkanes of at least 4 members (excludes halogenated alkanes) is 64. The van der Waals surface area contributed by atoms with Gasteiger partial charge in [-0.2, -0.15) is 0 Å². The minimum absolute atomic E-state index is 0.0238. The van der Waals surface area contributed by atoms with Crippen LogP contribution in [0.1, 0.15) is 457 Å². The summed E-state index contributed by atoms with van der Waals surface area (Å²) >= 11 is 0. The molecule has 0 fully saturated rings. The third-order valence-electron chi connectivity index (χ3n) is 18.8. The number of aliphatic hydroxyl groups is 2. The second-order valence-corrected chi connectivity index (χ2v) is 27.4. The van der Waals surface area contributed by atoms with Crippen molar-refractivity contribution >= 4 is 11.9 Å². The first-order chi connectivity index (χ1) is 42.0. The number of hydrogen-bond donors (Lipinski definition) is 3. The summed E-state index contributed by atoms with van der Waals surface area (Å²) in [6, 6.07) is -0.626. The number of hydrogen-bond acceptors (Lipinski definition) is 5. The van der Waals surface area contributed by atoms with Crippen LogP contribution in [0.4, 0.5) is 0 Å². The smallest absolute Gasteiger partial charge is 0.305 e. The summed E-state index contributed by atoms with van der Waals surface area (Å²) in [6.45, 7) is 4.97. The number of aliphatic hydroxyl groups excluding tert-OH is 2. The van der Waals surface area contributed by atoms with Crippen LogP contribution < -0.4 is 5.32 Å². The standard InChI is InChI=1S/C79H155NO5/c1-3-5-7-9-11-13-15-17-19-21-22-23-30-33-36-40-43-47-51-55-59-63-67-71-77(82)76(75-81)80-78(83)72-68-64-60-56-52-48-44-41-37-34-31-28-26-24-25-27-29-32-35-38-42-46-50-54-58-62-66-70-74-85-79(84)73-69-65-61-57-53-49-45-39-20-18-16-14-12-10-8-6-4-2/h67,71,76-77,81-82H,3-66,68-70,72-75H2,1-2H3,(H,80,83)/b71-67+. The summed E-state index contributed by atoms with van der Waals surface area (Å²) in [4.78, 5) is 24.7. The lowest BCUT2D eigenvalue weighted by atomic mass is 10.0. The van der Waals surface area contributed by atoms with Crippen LogP contribution in [0.15, 0.2) is 12.2 Å². The molecule has 0 spiro atoms. The SMILES string of the molecule is CCCCCCCCCCCCCCCCCCCCCCC/C=C/C(O)C(CO)NC(=O)CCCCCCCCCCCCCCCCCCCCCCCCCCCCCCOC(=O)CCCCCCCCCCCCCCCCCCC. The first-order valence-electron chi connectivity index (χ1n) is 39.5. The molecule has 0 aliphatic carbocycles. The van der Waals surface area contributed by atoms with Gasteiger partial charge in [-0.25, -0.2) is 0 Å². The van der Waals surface area contributed by atoms with E-state index in [2.05, 4.69) is 19.2 Å². The highest BCUT2D eigenvalue weighted by Crippen LogP contribution is 2.20. The van der Waals surface area contributed by atoms with Gasteiger partial charge in [0, 0.05) is 12.8 Å². The largest absolute Gasteiger partial charge is 0.466 e. The molecule has 2 atom stereocenters. The average Bonchev–Trinajstić information content (AvgIpc) is 3.51. The first-order valence-corrected chi connectivity index (χ1v) is 39.5. The minimum atomic E-state index is -0.843. The Morgan fingerprint density at radius 3 is 0.800 bits per heavy atom. The van der Waals surface area contributed by atoms with E-state index in [4.69, 9.17) is 4.74 Å². The number of amides is 1. The van der Waals surface area contributed by atoms with E-state index in [9.17, 15) is 19.8 Å². The van der Waals surface area contributed by atoms with Gasteiger partial charge >= 0.3 is 5.97 Å². The van der Waals surface area contributed by atoms with Crippen molar-refractivity contribution in [2.24, 2.45) is 0 Å². The molecule has 0 saturated heterocycles. The van der Waals surface area contributed by atoms with E-state index in [-0.39, 0.29) is 18.5 Å². The van der Waals surface area contributed by atoms with Gasteiger partial charge in [0.05, 0.1) is 25.4 Å². The van der Waals surface area contributed by atoms with Crippen LogP contribution in [0.25, 0.3) is 0 Å². The lowest BCUT2D eigenvalue weighted by Gasteiger charge is -2.20. The number of allylic oxidation sites excluding steroid dienone is 1. The van der Waals surface area contributed by atoms with Gasteiger partial charge in [-0.15, -0.1) is 0 Å². The highest BCUT2D eigenvalue weighted by atomic mass is 16.5. The van der Waals surface area contributed by atoms with Crippen molar-refractivity contribution in [3.63, 3.8) is 0 Å². The molecule has 85 heavy (non-hydrogen) atoms. The van der Waals surface area contributed by atoms with E-state index in [1.54, 1.807) is 6.08 Å². The van der Waals surface area contributed by atoms with Crippen molar-refractivity contribution in [2.45, 2.75) is 469 Å². The normalized spacial score (nSPS) is 12.5. The van der Waals surface area contributed by atoms with E-state index in [1.165, 1.54) is 392 Å². The molecule has 506 valence electrons. The van der Waals surface area contributed by atoms with Gasteiger partial charge in [-0.1, -0.05) is 424 Å². The quantitative estimate of drug-likeness (QED) is 0.0320. The molecular weight excluding hydrogens is 1040 g/mol. The molecule has 0 aliphatic heterocycles. The zero-order valence-electron chi connectivity index (χ0n) is 58.1. The van der Waals surface area contributed by atoms with Gasteiger partial charge in [0.2, 0.25) is 5.91 Å². The highest BCUT2D eigenvalue weighted by Gasteiger charge is 2.18. The van der Waals surface area contributed by atoms with Crippen molar-refractivity contribution < 1.29 is 24.5 Å². The minimum Gasteiger partial charge on any atom is -0.466 e. The Balaban J connectivity index is 3.35. The zero-order chi connectivity index (χ0) is 61.3. The topological polar surface area (TPSA) is 95.9 Å². The predicted molar refractivity (Wildman–Crippen MR) is 375 cm³/mol. The predicted octanol–water partition coefficient (Wildman–Crippen LogP) is 25.9. The maximum Gasteiger partial charge on any atom is 0.305 e. The van der Waals surface area contributed by atoms with E-state index >= 15 is 0 Å². The summed E-state index contributed by atoms with van der Waals surface area (Å²) < 4.78 is 5.51. The Morgan fingerprint density at radius 1 is 0.318 bits per heavy atom. The molecule has 0 aliphatic rings. The maximum atomic E-state index is 12.5. The molecule has 2 unspecified atom stereocenters. The molecule has 0 heterocycles. The Labute approximate surface area is 533 Å². The molecule has 0 aromatic rings. The molecule has 3 N–H and O–H groups in total. The lowest BCUT2D eigenvalue weighted by Crippen LogP contribution is -2.45. The third kappa shape index (κ3) is 71.6. The fourth-order valence-corrected chi connectivity index (χ4v) is 12.8. The van der Waals surface area contributed by atoms with Gasteiger partial charge in [-0.3, -0.25) is 9.59 Å². The highest BCUT2D eigenvalue weighted by molar-refractivity contribution is 5.76. The van der Waals surface area contributed by atoms with Crippen molar-refractivity contribution in [1.29, 1.82) is 0 Å². The number of nitrogens with one attached hydrogen (secondary N) is 1. The lowest BCUT2D eigenvalue weighted by molar-refractivity contribution is -0.143. The van der Waals surface area contributed by atoms with Gasteiger partial charge in [0.1, 0.15) is 0 Å². The monoisotopic (exact) mass is 1200 g/mol. The van der Waals surface area contributed by atoms with Gasteiger partial charge in [0.25, 0.3) is 0 Å².